The van der Waals surface area contributed by atoms with Crippen molar-refractivity contribution in [1.29, 1.82) is 5.26 Å². The van der Waals surface area contributed by atoms with Crippen LogP contribution < -0.4 is 20.1 Å². The number of carbonyl (C=O) groups is 1. The third-order valence-electron chi connectivity index (χ3n) is 5.42. The fraction of sp³-hybridized carbons (Fsp3) is 0.259. The van der Waals surface area contributed by atoms with Gasteiger partial charge in [-0.25, -0.2) is 4.79 Å². The molecule has 0 saturated carbocycles. The molecule has 0 saturated heterocycles. The van der Waals surface area contributed by atoms with Gasteiger partial charge in [-0.05, 0) is 55.6 Å². The number of ether oxygens (including phenoxy) is 2. The number of hydrogen-bond donors (Lipinski definition) is 2. The van der Waals surface area contributed by atoms with E-state index in [9.17, 15) is 4.79 Å². The molecule has 0 radical (unpaired) electrons. The minimum atomic E-state index is -0.289. The molecule has 3 aromatic carbocycles. The molecule has 2 amide bonds. The summed E-state index contributed by atoms with van der Waals surface area (Å²) in [5.74, 6) is 1.48. The Morgan fingerprint density at radius 3 is 2.50 bits per heavy atom. The summed E-state index contributed by atoms with van der Waals surface area (Å²) in [5.41, 5.74) is 3.54. The second kappa shape index (κ2) is 12.3. The topological polar surface area (TPSA) is 86.6 Å². The molecule has 0 aliphatic rings. The van der Waals surface area contributed by atoms with Gasteiger partial charge in [0, 0.05) is 17.8 Å². The first kappa shape index (κ1) is 24.6. The van der Waals surface area contributed by atoms with Crippen molar-refractivity contribution in [2.45, 2.75) is 19.1 Å². The SMILES string of the molecule is COc1cccc(C(CNC(=O)Nc2ccccc2COc2ccc(CC#N)cc2)N(C)C)c1. The van der Waals surface area contributed by atoms with Gasteiger partial charge in [0.2, 0.25) is 0 Å². The zero-order valence-corrected chi connectivity index (χ0v) is 19.7. The smallest absolute Gasteiger partial charge is 0.319 e. The molecule has 0 bridgehead atoms. The molecule has 1 unspecified atom stereocenters. The van der Waals surface area contributed by atoms with Crippen LogP contribution in [0, 0.1) is 11.3 Å². The van der Waals surface area contributed by atoms with Crippen molar-refractivity contribution in [2.24, 2.45) is 0 Å². The van der Waals surface area contributed by atoms with Crippen LogP contribution in [0.3, 0.4) is 0 Å². The number of nitrogens with zero attached hydrogens (tertiary/aromatic N) is 2. The van der Waals surface area contributed by atoms with Crippen LogP contribution >= 0.6 is 0 Å². The lowest BCUT2D eigenvalue weighted by atomic mass is 10.1. The molecule has 3 rings (SSSR count). The molecule has 176 valence electrons. The summed E-state index contributed by atoms with van der Waals surface area (Å²) >= 11 is 0. The highest BCUT2D eigenvalue weighted by molar-refractivity contribution is 5.90. The average Bonchev–Trinajstić information content (AvgIpc) is 2.84. The molecule has 0 heterocycles. The van der Waals surface area contributed by atoms with Crippen LogP contribution in [-0.4, -0.2) is 38.7 Å². The molecule has 2 N–H and O–H groups in total. The molecule has 0 aliphatic carbocycles. The normalized spacial score (nSPS) is 11.4. The molecule has 0 fully saturated rings. The Morgan fingerprint density at radius 2 is 1.79 bits per heavy atom. The number of methoxy groups -OCH3 is 1. The van der Waals surface area contributed by atoms with Crippen molar-refractivity contribution in [2.75, 3.05) is 33.1 Å². The Balaban J connectivity index is 1.59. The van der Waals surface area contributed by atoms with Gasteiger partial charge >= 0.3 is 6.03 Å². The van der Waals surface area contributed by atoms with E-state index in [4.69, 9.17) is 14.7 Å². The van der Waals surface area contributed by atoms with E-state index in [0.717, 1.165) is 22.4 Å². The van der Waals surface area contributed by atoms with E-state index in [0.29, 0.717) is 31.0 Å². The molecular formula is C27H30N4O3. The number of nitriles is 1. The van der Waals surface area contributed by atoms with E-state index >= 15 is 0 Å². The van der Waals surface area contributed by atoms with E-state index in [1.807, 2.05) is 86.9 Å². The van der Waals surface area contributed by atoms with Gasteiger partial charge in [-0.1, -0.05) is 42.5 Å². The van der Waals surface area contributed by atoms with Crippen molar-refractivity contribution in [3.63, 3.8) is 0 Å². The number of hydrogen-bond acceptors (Lipinski definition) is 5. The highest BCUT2D eigenvalue weighted by Crippen LogP contribution is 2.23. The lowest BCUT2D eigenvalue weighted by Crippen LogP contribution is -2.37. The van der Waals surface area contributed by atoms with Crippen molar-refractivity contribution in [3.05, 3.63) is 89.5 Å². The Hall–Kier alpha value is -4.02. The molecule has 0 spiro atoms. The van der Waals surface area contributed by atoms with Crippen LogP contribution in [-0.2, 0) is 13.0 Å². The number of carbonyl (C=O) groups excluding carboxylic acids is 1. The van der Waals surface area contributed by atoms with Gasteiger partial charge in [-0.15, -0.1) is 0 Å². The first-order valence-electron chi connectivity index (χ1n) is 11.0. The number of urea groups is 1. The average molecular weight is 459 g/mol. The largest absolute Gasteiger partial charge is 0.497 e. The van der Waals surface area contributed by atoms with Crippen molar-refractivity contribution in [3.8, 4) is 17.6 Å². The first-order valence-corrected chi connectivity index (χ1v) is 11.0. The molecule has 0 aromatic heterocycles. The van der Waals surface area contributed by atoms with Gasteiger partial charge in [0.25, 0.3) is 0 Å². The maximum atomic E-state index is 12.7. The van der Waals surface area contributed by atoms with Crippen LogP contribution in [0.25, 0.3) is 0 Å². The maximum absolute atomic E-state index is 12.7. The van der Waals surface area contributed by atoms with Gasteiger partial charge in [0.05, 0.1) is 25.6 Å². The molecule has 3 aromatic rings. The van der Waals surface area contributed by atoms with E-state index in [1.165, 1.54) is 0 Å². The van der Waals surface area contributed by atoms with Gasteiger partial charge in [-0.3, -0.25) is 0 Å². The lowest BCUT2D eigenvalue weighted by molar-refractivity contribution is 0.243. The Kier molecular flexibility index (Phi) is 8.89. The van der Waals surface area contributed by atoms with Crippen molar-refractivity contribution in [1.82, 2.24) is 10.2 Å². The third-order valence-corrected chi connectivity index (χ3v) is 5.42. The molecule has 34 heavy (non-hydrogen) atoms. The molecule has 7 nitrogen and oxygen atoms in total. The van der Waals surface area contributed by atoms with Gasteiger partial charge in [0.15, 0.2) is 0 Å². The fourth-order valence-electron chi connectivity index (χ4n) is 3.53. The van der Waals surface area contributed by atoms with Crippen LogP contribution in [0.1, 0.15) is 22.7 Å². The molecule has 1 atom stereocenters. The van der Waals surface area contributed by atoms with Gasteiger partial charge < -0.3 is 25.0 Å². The Labute approximate surface area is 200 Å². The number of likely N-dealkylation sites (N-methyl/N-ethyl adjacent to an activating group) is 1. The standard InChI is InChI=1S/C27H30N4O3/c1-31(2)26(21-8-6-9-24(17-21)33-3)18-29-27(32)30-25-10-5-4-7-22(25)19-34-23-13-11-20(12-14-23)15-16-28/h4-14,17,26H,15,18-19H2,1-3H3,(H2,29,30,32). The Morgan fingerprint density at radius 1 is 1.03 bits per heavy atom. The first-order chi connectivity index (χ1) is 16.5. The summed E-state index contributed by atoms with van der Waals surface area (Å²) in [6.45, 7) is 0.734. The number of amides is 2. The van der Waals surface area contributed by atoms with Crippen LogP contribution in [0.5, 0.6) is 11.5 Å². The number of para-hydroxylation sites is 1. The molecular weight excluding hydrogens is 428 g/mol. The number of rotatable bonds is 10. The van der Waals surface area contributed by atoms with Crippen LogP contribution in [0.4, 0.5) is 10.5 Å². The fourth-order valence-corrected chi connectivity index (χ4v) is 3.53. The monoisotopic (exact) mass is 458 g/mol. The Bertz CT molecular complexity index is 1120. The number of nitrogens with one attached hydrogen (secondary N) is 2. The van der Waals surface area contributed by atoms with E-state index in [-0.39, 0.29) is 12.1 Å². The van der Waals surface area contributed by atoms with Crippen LogP contribution in [0.15, 0.2) is 72.8 Å². The highest BCUT2D eigenvalue weighted by Gasteiger charge is 2.16. The summed E-state index contributed by atoms with van der Waals surface area (Å²) in [6, 6.07) is 24.6. The predicted octanol–water partition coefficient (Wildman–Crippen LogP) is 4.76. The zero-order chi connectivity index (χ0) is 24.3. The van der Waals surface area contributed by atoms with Crippen molar-refractivity contribution < 1.29 is 14.3 Å². The van der Waals surface area contributed by atoms with Gasteiger partial charge in [-0.2, -0.15) is 5.26 Å². The minimum Gasteiger partial charge on any atom is -0.497 e. The zero-order valence-electron chi connectivity index (χ0n) is 19.7. The number of benzene rings is 3. The van der Waals surface area contributed by atoms with E-state index in [1.54, 1.807) is 7.11 Å². The quantitative estimate of drug-likeness (QED) is 0.457. The van der Waals surface area contributed by atoms with Crippen molar-refractivity contribution >= 4 is 11.7 Å². The number of anilines is 1. The second-order valence-corrected chi connectivity index (χ2v) is 8.02. The summed E-state index contributed by atoms with van der Waals surface area (Å²) in [4.78, 5) is 14.7. The highest BCUT2D eigenvalue weighted by atomic mass is 16.5. The maximum Gasteiger partial charge on any atom is 0.319 e. The van der Waals surface area contributed by atoms with Crippen LogP contribution in [0.2, 0.25) is 0 Å². The lowest BCUT2D eigenvalue weighted by Gasteiger charge is -2.25. The molecule has 0 aliphatic heterocycles. The summed E-state index contributed by atoms with van der Waals surface area (Å²) in [5, 5.41) is 14.7. The summed E-state index contributed by atoms with van der Waals surface area (Å²) in [6.07, 6.45) is 0.370. The van der Waals surface area contributed by atoms with E-state index in [2.05, 4.69) is 21.6 Å². The predicted molar refractivity (Wildman–Crippen MR) is 133 cm³/mol. The van der Waals surface area contributed by atoms with E-state index < -0.39 is 0 Å². The summed E-state index contributed by atoms with van der Waals surface area (Å²) in [7, 11) is 5.59. The molecule has 7 heteroatoms. The third kappa shape index (κ3) is 6.99. The summed E-state index contributed by atoms with van der Waals surface area (Å²) < 4.78 is 11.2. The van der Waals surface area contributed by atoms with Gasteiger partial charge in [0.1, 0.15) is 18.1 Å². The second-order valence-electron chi connectivity index (χ2n) is 8.02. The minimum absolute atomic E-state index is 0.0107.